The average molecular weight is 291 g/mol. The SMILES string of the molecule is CC(CO)(CO)C(=O)OCCOCCOCCN=[N+]=[N-]. The Morgan fingerprint density at radius 2 is 1.70 bits per heavy atom. The van der Waals surface area contributed by atoms with Crippen molar-refractivity contribution in [3.63, 3.8) is 0 Å². The smallest absolute Gasteiger partial charge is 0.316 e. The first-order valence-corrected chi connectivity index (χ1v) is 6.16. The summed E-state index contributed by atoms with van der Waals surface area (Å²) in [7, 11) is 0. The summed E-state index contributed by atoms with van der Waals surface area (Å²) in [6.07, 6.45) is 0. The first kappa shape index (κ1) is 18.6. The van der Waals surface area contributed by atoms with E-state index >= 15 is 0 Å². The zero-order valence-corrected chi connectivity index (χ0v) is 11.5. The number of carbonyl (C=O) groups is 1. The quantitative estimate of drug-likeness (QED) is 0.169. The van der Waals surface area contributed by atoms with Crippen molar-refractivity contribution in [1.29, 1.82) is 0 Å². The van der Waals surface area contributed by atoms with Gasteiger partial charge in [-0.1, -0.05) is 5.11 Å². The van der Waals surface area contributed by atoms with Crippen LogP contribution in [0.2, 0.25) is 0 Å². The molecule has 0 aromatic heterocycles. The monoisotopic (exact) mass is 291 g/mol. The van der Waals surface area contributed by atoms with Crippen LogP contribution in [-0.2, 0) is 19.0 Å². The number of hydrogen-bond acceptors (Lipinski definition) is 7. The molecule has 2 N–H and O–H groups in total. The van der Waals surface area contributed by atoms with E-state index in [2.05, 4.69) is 10.0 Å². The molecule has 0 radical (unpaired) electrons. The van der Waals surface area contributed by atoms with Gasteiger partial charge in [0.15, 0.2) is 0 Å². The van der Waals surface area contributed by atoms with E-state index in [-0.39, 0.29) is 19.8 Å². The molecule has 0 aromatic carbocycles. The maximum atomic E-state index is 11.5. The van der Waals surface area contributed by atoms with Crippen molar-refractivity contribution in [1.82, 2.24) is 0 Å². The molecule has 116 valence electrons. The lowest BCUT2D eigenvalue weighted by atomic mass is 9.93. The van der Waals surface area contributed by atoms with Gasteiger partial charge in [0.1, 0.15) is 12.0 Å². The number of esters is 1. The van der Waals surface area contributed by atoms with Crippen molar-refractivity contribution < 1.29 is 29.2 Å². The van der Waals surface area contributed by atoms with Gasteiger partial charge in [-0.25, -0.2) is 0 Å². The van der Waals surface area contributed by atoms with Crippen molar-refractivity contribution >= 4 is 5.97 Å². The Kier molecular flexibility index (Phi) is 10.7. The van der Waals surface area contributed by atoms with Crippen LogP contribution in [0.25, 0.3) is 10.4 Å². The van der Waals surface area contributed by atoms with E-state index in [1.165, 1.54) is 6.92 Å². The Labute approximate surface area is 117 Å². The minimum Gasteiger partial charge on any atom is -0.463 e. The summed E-state index contributed by atoms with van der Waals surface area (Å²) >= 11 is 0. The lowest BCUT2D eigenvalue weighted by molar-refractivity contribution is -0.161. The molecule has 9 heteroatoms. The lowest BCUT2D eigenvalue weighted by Crippen LogP contribution is -2.37. The first-order valence-electron chi connectivity index (χ1n) is 6.16. The van der Waals surface area contributed by atoms with Gasteiger partial charge < -0.3 is 24.4 Å². The number of aliphatic hydroxyl groups is 2. The molecule has 0 heterocycles. The van der Waals surface area contributed by atoms with Crippen LogP contribution >= 0.6 is 0 Å². The molecule has 0 aromatic rings. The van der Waals surface area contributed by atoms with Gasteiger partial charge in [0.2, 0.25) is 0 Å². The second-order valence-corrected chi connectivity index (χ2v) is 4.19. The number of nitrogens with zero attached hydrogens (tertiary/aromatic N) is 3. The number of carbonyl (C=O) groups excluding carboxylic acids is 1. The molecule has 0 fully saturated rings. The van der Waals surface area contributed by atoms with E-state index in [9.17, 15) is 4.79 Å². The lowest BCUT2D eigenvalue weighted by Gasteiger charge is -2.22. The third kappa shape index (κ3) is 7.93. The predicted octanol–water partition coefficient (Wildman–Crippen LogP) is -0.136. The molecule has 20 heavy (non-hydrogen) atoms. The summed E-state index contributed by atoms with van der Waals surface area (Å²) < 4.78 is 15.1. The van der Waals surface area contributed by atoms with Gasteiger partial charge in [-0.2, -0.15) is 0 Å². The topological polar surface area (TPSA) is 134 Å². The summed E-state index contributed by atoms with van der Waals surface area (Å²) in [5, 5.41) is 21.3. The van der Waals surface area contributed by atoms with E-state index < -0.39 is 24.6 Å². The summed E-state index contributed by atoms with van der Waals surface area (Å²) in [5.41, 5.74) is 6.72. The third-order valence-corrected chi connectivity index (χ3v) is 2.42. The Morgan fingerprint density at radius 1 is 1.15 bits per heavy atom. The molecule has 0 spiro atoms. The van der Waals surface area contributed by atoms with Crippen molar-refractivity contribution in [3.8, 4) is 0 Å². The minimum atomic E-state index is -1.29. The van der Waals surface area contributed by atoms with Gasteiger partial charge in [0, 0.05) is 11.5 Å². The molecule has 0 unspecified atom stereocenters. The largest absolute Gasteiger partial charge is 0.463 e. The summed E-state index contributed by atoms with van der Waals surface area (Å²) in [4.78, 5) is 14.1. The maximum Gasteiger partial charge on any atom is 0.316 e. The molecule has 9 nitrogen and oxygen atoms in total. The normalized spacial score (nSPS) is 10.9. The Bertz CT molecular complexity index is 315. The van der Waals surface area contributed by atoms with Crippen molar-refractivity contribution in [3.05, 3.63) is 10.4 Å². The fourth-order valence-corrected chi connectivity index (χ4v) is 1.02. The van der Waals surface area contributed by atoms with Gasteiger partial charge in [0.05, 0.1) is 39.6 Å². The van der Waals surface area contributed by atoms with E-state index in [1.807, 2.05) is 0 Å². The van der Waals surface area contributed by atoms with Crippen LogP contribution in [0.3, 0.4) is 0 Å². The van der Waals surface area contributed by atoms with Crippen molar-refractivity contribution in [2.75, 3.05) is 52.8 Å². The molecule has 0 atom stereocenters. The summed E-state index contributed by atoms with van der Waals surface area (Å²) in [5.74, 6) is -0.670. The molecule has 0 bridgehead atoms. The van der Waals surface area contributed by atoms with Crippen LogP contribution in [0.4, 0.5) is 0 Å². The van der Waals surface area contributed by atoms with Gasteiger partial charge in [-0.05, 0) is 12.5 Å². The molecule has 0 aliphatic carbocycles. The molecular formula is C11H21N3O6. The number of ether oxygens (including phenoxy) is 3. The maximum absolute atomic E-state index is 11.5. The van der Waals surface area contributed by atoms with Crippen molar-refractivity contribution in [2.45, 2.75) is 6.92 Å². The van der Waals surface area contributed by atoms with Crippen LogP contribution in [-0.4, -0.2) is 69.0 Å². The Morgan fingerprint density at radius 3 is 2.25 bits per heavy atom. The molecular weight excluding hydrogens is 270 g/mol. The predicted molar refractivity (Wildman–Crippen MR) is 68.9 cm³/mol. The van der Waals surface area contributed by atoms with Crippen LogP contribution in [0.1, 0.15) is 6.92 Å². The highest BCUT2D eigenvalue weighted by Gasteiger charge is 2.33. The number of hydrogen-bond donors (Lipinski definition) is 2. The summed E-state index contributed by atoms with van der Waals surface area (Å²) in [6.45, 7) is 1.94. The molecule has 0 aliphatic rings. The fourth-order valence-electron chi connectivity index (χ4n) is 1.02. The molecule has 0 aliphatic heterocycles. The van der Waals surface area contributed by atoms with Gasteiger partial charge >= 0.3 is 5.97 Å². The highest BCUT2D eigenvalue weighted by atomic mass is 16.6. The highest BCUT2D eigenvalue weighted by Crippen LogP contribution is 2.16. The van der Waals surface area contributed by atoms with E-state index in [1.54, 1.807) is 0 Å². The second kappa shape index (κ2) is 11.4. The zero-order valence-electron chi connectivity index (χ0n) is 11.5. The minimum absolute atomic E-state index is 0.0349. The molecule has 0 saturated heterocycles. The van der Waals surface area contributed by atoms with Crippen LogP contribution < -0.4 is 0 Å². The molecule has 0 rings (SSSR count). The van der Waals surface area contributed by atoms with Crippen LogP contribution in [0, 0.1) is 5.41 Å². The highest BCUT2D eigenvalue weighted by molar-refractivity contribution is 5.76. The molecule has 0 saturated carbocycles. The second-order valence-electron chi connectivity index (χ2n) is 4.19. The van der Waals surface area contributed by atoms with E-state index in [0.717, 1.165) is 0 Å². The van der Waals surface area contributed by atoms with Gasteiger partial charge in [0.25, 0.3) is 0 Å². The number of aliphatic hydroxyl groups excluding tert-OH is 2. The summed E-state index contributed by atoms with van der Waals surface area (Å²) in [6, 6.07) is 0. The zero-order chi connectivity index (χ0) is 15.3. The number of azide groups is 1. The molecule has 0 amide bonds. The third-order valence-electron chi connectivity index (χ3n) is 2.42. The van der Waals surface area contributed by atoms with Crippen LogP contribution in [0.5, 0.6) is 0 Å². The Balaban J connectivity index is 3.48. The Hall–Kier alpha value is -1.38. The first-order chi connectivity index (χ1) is 9.60. The van der Waals surface area contributed by atoms with Crippen molar-refractivity contribution in [2.24, 2.45) is 10.5 Å². The fraction of sp³-hybridized carbons (Fsp3) is 0.909. The number of rotatable bonds is 12. The standard InChI is InChI=1S/C11H21N3O6/c1-11(8-15,9-16)10(17)20-7-6-19-5-4-18-3-2-13-14-12/h15-16H,2-9H2,1H3. The van der Waals surface area contributed by atoms with Crippen LogP contribution in [0.15, 0.2) is 5.11 Å². The van der Waals surface area contributed by atoms with Gasteiger partial charge in [-0.15, -0.1) is 0 Å². The van der Waals surface area contributed by atoms with Gasteiger partial charge in [-0.3, -0.25) is 4.79 Å². The average Bonchev–Trinajstić information content (AvgIpc) is 2.48. The van der Waals surface area contributed by atoms with E-state index in [4.69, 9.17) is 30.0 Å². The van der Waals surface area contributed by atoms with E-state index in [0.29, 0.717) is 19.8 Å².